The molecule has 0 radical (unpaired) electrons. The van der Waals surface area contributed by atoms with Crippen molar-refractivity contribution in [2.45, 2.75) is 12.8 Å². The van der Waals surface area contributed by atoms with Gasteiger partial charge in [0.05, 0.1) is 15.7 Å². The predicted molar refractivity (Wildman–Crippen MR) is 58.3 cm³/mol. The Morgan fingerprint density at radius 3 is 2.86 bits per heavy atom. The number of fused-ring (bicyclic) bond motifs is 1. The highest BCUT2D eigenvalue weighted by molar-refractivity contribution is 6.43. The number of ketones is 1. The van der Waals surface area contributed by atoms with Gasteiger partial charge in [0, 0.05) is 19.4 Å². The van der Waals surface area contributed by atoms with Crippen molar-refractivity contribution in [3.8, 4) is 0 Å². The third-order valence-electron chi connectivity index (χ3n) is 2.27. The van der Waals surface area contributed by atoms with Crippen LogP contribution in [-0.2, 0) is 11.2 Å². The van der Waals surface area contributed by atoms with Gasteiger partial charge in [0.1, 0.15) is 5.78 Å². The van der Waals surface area contributed by atoms with Crippen LogP contribution >= 0.6 is 23.2 Å². The second kappa shape index (κ2) is 3.79. The monoisotopic (exact) mass is 229 g/mol. The summed E-state index contributed by atoms with van der Waals surface area (Å²) in [5.41, 5.74) is 1.74. The summed E-state index contributed by atoms with van der Waals surface area (Å²) in [6, 6.07) is 3.57. The summed E-state index contributed by atoms with van der Waals surface area (Å²) in [6.45, 7) is 0.631. The number of carbonyl (C=O) groups excluding carboxylic acids is 1. The molecule has 1 heterocycles. The second-order valence-electron chi connectivity index (χ2n) is 3.29. The van der Waals surface area contributed by atoms with Crippen LogP contribution in [0.2, 0.25) is 10.0 Å². The van der Waals surface area contributed by atoms with E-state index < -0.39 is 0 Å². The molecule has 2 rings (SSSR count). The van der Waals surface area contributed by atoms with Gasteiger partial charge in [-0.2, -0.15) is 0 Å². The van der Waals surface area contributed by atoms with Crippen molar-refractivity contribution >= 4 is 34.7 Å². The smallest absolute Gasteiger partial charge is 0.139 e. The summed E-state index contributed by atoms with van der Waals surface area (Å²) < 4.78 is 0. The highest BCUT2D eigenvalue weighted by atomic mass is 35.5. The van der Waals surface area contributed by atoms with E-state index in [1.54, 1.807) is 6.07 Å². The molecule has 4 heteroatoms. The average Bonchev–Trinajstić information content (AvgIpc) is 2.34. The molecule has 2 nitrogen and oxygen atoms in total. The van der Waals surface area contributed by atoms with Crippen molar-refractivity contribution in [2.24, 2.45) is 0 Å². The number of halogens is 2. The lowest BCUT2D eigenvalue weighted by Gasteiger charge is -2.09. The number of rotatable bonds is 0. The zero-order valence-corrected chi connectivity index (χ0v) is 8.95. The highest BCUT2D eigenvalue weighted by Gasteiger charge is 2.16. The number of nitrogens with one attached hydrogen (secondary N) is 1. The molecule has 0 saturated heterocycles. The maximum atomic E-state index is 11.3. The number of hydrogen-bond acceptors (Lipinski definition) is 2. The van der Waals surface area contributed by atoms with Crippen molar-refractivity contribution in [1.29, 1.82) is 0 Å². The quantitative estimate of drug-likeness (QED) is 0.742. The van der Waals surface area contributed by atoms with E-state index in [2.05, 4.69) is 5.32 Å². The Labute approximate surface area is 92.2 Å². The Bertz CT molecular complexity index is 390. The van der Waals surface area contributed by atoms with Gasteiger partial charge in [-0.05, 0) is 11.6 Å². The summed E-state index contributed by atoms with van der Waals surface area (Å²) in [5.74, 6) is 0.231. The molecule has 14 heavy (non-hydrogen) atoms. The minimum absolute atomic E-state index is 0.231. The van der Waals surface area contributed by atoms with Crippen LogP contribution in [0.3, 0.4) is 0 Å². The van der Waals surface area contributed by atoms with E-state index in [0.29, 0.717) is 29.4 Å². The predicted octanol–water partition coefficient (Wildman–Crippen LogP) is 2.92. The first-order valence-electron chi connectivity index (χ1n) is 4.41. The summed E-state index contributed by atoms with van der Waals surface area (Å²) in [4.78, 5) is 11.3. The molecule has 0 bridgehead atoms. The van der Waals surface area contributed by atoms with E-state index in [9.17, 15) is 4.79 Å². The van der Waals surface area contributed by atoms with Crippen LogP contribution in [0.1, 0.15) is 12.0 Å². The molecule has 1 aromatic rings. The molecule has 1 N–H and O–H groups in total. The van der Waals surface area contributed by atoms with Crippen LogP contribution in [0.25, 0.3) is 0 Å². The van der Waals surface area contributed by atoms with E-state index in [1.807, 2.05) is 6.07 Å². The van der Waals surface area contributed by atoms with E-state index >= 15 is 0 Å². The number of Topliss-reactive ketones (excluding diaryl/α,β-unsaturated/α-hetero) is 1. The lowest BCUT2D eigenvalue weighted by atomic mass is 10.1. The molecular formula is C10H9Cl2NO. The van der Waals surface area contributed by atoms with E-state index in [0.717, 1.165) is 11.3 Å². The molecule has 1 aliphatic rings. The molecule has 0 aliphatic carbocycles. The van der Waals surface area contributed by atoms with Crippen molar-refractivity contribution < 1.29 is 4.79 Å². The van der Waals surface area contributed by atoms with Gasteiger partial charge in [0.2, 0.25) is 0 Å². The van der Waals surface area contributed by atoms with E-state index in [-0.39, 0.29) is 5.78 Å². The first-order chi connectivity index (χ1) is 6.68. The van der Waals surface area contributed by atoms with Crippen molar-refractivity contribution in [2.75, 3.05) is 11.9 Å². The third kappa shape index (κ3) is 1.72. The zero-order chi connectivity index (χ0) is 10.1. The fourth-order valence-electron chi connectivity index (χ4n) is 1.56. The molecule has 1 aliphatic heterocycles. The normalized spacial score (nSPS) is 15.7. The Balaban J connectivity index is 2.50. The zero-order valence-electron chi connectivity index (χ0n) is 7.44. The van der Waals surface area contributed by atoms with Crippen LogP contribution < -0.4 is 5.32 Å². The Morgan fingerprint density at radius 1 is 1.29 bits per heavy atom. The molecule has 1 aromatic carbocycles. The van der Waals surface area contributed by atoms with Gasteiger partial charge in [-0.3, -0.25) is 4.79 Å². The van der Waals surface area contributed by atoms with Crippen LogP contribution in [0.15, 0.2) is 12.1 Å². The third-order valence-corrected chi connectivity index (χ3v) is 3.08. The Hall–Kier alpha value is -0.730. The number of anilines is 1. The molecule has 0 fully saturated rings. The topological polar surface area (TPSA) is 29.1 Å². The van der Waals surface area contributed by atoms with Gasteiger partial charge in [-0.1, -0.05) is 29.3 Å². The van der Waals surface area contributed by atoms with Gasteiger partial charge in [-0.15, -0.1) is 0 Å². The SMILES string of the molecule is O=C1CCNc2c(ccc(Cl)c2Cl)C1. The molecular weight excluding hydrogens is 221 g/mol. The summed E-state index contributed by atoms with van der Waals surface area (Å²) in [5, 5.41) is 4.16. The van der Waals surface area contributed by atoms with Gasteiger partial charge in [-0.25, -0.2) is 0 Å². The van der Waals surface area contributed by atoms with Gasteiger partial charge in [0.25, 0.3) is 0 Å². The molecule has 0 spiro atoms. The number of benzene rings is 1. The van der Waals surface area contributed by atoms with Crippen LogP contribution in [0.5, 0.6) is 0 Å². The number of carbonyl (C=O) groups is 1. The average molecular weight is 230 g/mol. The molecule has 0 saturated carbocycles. The van der Waals surface area contributed by atoms with Crippen molar-refractivity contribution in [3.63, 3.8) is 0 Å². The molecule has 0 amide bonds. The lowest BCUT2D eigenvalue weighted by Crippen LogP contribution is -2.03. The van der Waals surface area contributed by atoms with E-state index in [1.165, 1.54) is 0 Å². The number of hydrogen-bond donors (Lipinski definition) is 1. The van der Waals surface area contributed by atoms with Crippen LogP contribution in [0.4, 0.5) is 5.69 Å². The van der Waals surface area contributed by atoms with E-state index in [4.69, 9.17) is 23.2 Å². The summed E-state index contributed by atoms with van der Waals surface area (Å²) >= 11 is 11.9. The van der Waals surface area contributed by atoms with Gasteiger partial charge >= 0.3 is 0 Å². The van der Waals surface area contributed by atoms with Gasteiger partial charge in [0.15, 0.2) is 0 Å². The minimum Gasteiger partial charge on any atom is -0.383 e. The Kier molecular flexibility index (Phi) is 2.66. The van der Waals surface area contributed by atoms with Gasteiger partial charge < -0.3 is 5.32 Å². The lowest BCUT2D eigenvalue weighted by molar-refractivity contribution is -0.118. The molecule has 0 aromatic heterocycles. The summed E-state index contributed by atoms with van der Waals surface area (Å²) in [6.07, 6.45) is 0.988. The summed E-state index contributed by atoms with van der Waals surface area (Å²) in [7, 11) is 0. The highest BCUT2D eigenvalue weighted by Crippen LogP contribution is 2.34. The first kappa shape index (κ1) is 9.81. The maximum absolute atomic E-state index is 11.3. The largest absolute Gasteiger partial charge is 0.383 e. The maximum Gasteiger partial charge on any atom is 0.139 e. The van der Waals surface area contributed by atoms with Crippen LogP contribution in [0, 0.1) is 0 Å². The van der Waals surface area contributed by atoms with Crippen molar-refractivity contribution in [3.05, 3.63) is 27.7 Å². The van der Waals surface area contributed by atoms with Crippen molar-refractivity contribution in [1.82, 2.24) is 0 Å². The second-order valence-corrected chi connectivity index (χ2v) is 4.07. The molecule has 0 atom stereocenters. The molecule has 74 valence electrons. The molecule has 0 unspecified atom stereocenters. The fourth-order valence-corrected chi connectivity index (χ4v) is 1.97. The van der Waals surface area contributed by atoms with Crippen LogP contribution in [-0.4, -0.2) is 12.3 Å². The Morgan fingerprint density at radius 2 is 2.07 bits per heavy atom. The first-order valence-corrected chi connectivity index (χ1v) is 5.16. The fraction of sp³-hybridized carbons (Fsp3) is 0.300. The minimum atomic E-state index is 0.231. The standard InChI is InChI=1S/C10H9Cl2NO/c11-8-2-1-6-5-7(14)3-4-13-10(6)9(8)12/h1-2,13H,3-5H2.